The molecule has 0 unspecified atom stereocenters. The third-order valence-electron chi connectivity index (χ3n) is 2.33. The molecule has 0 bridgehead atoms. The van der Waals surface area contributed by atoms with Crippen molar-refractivity contribution in [3.63, 3.8) is 0 Å². The maximum Gasteiger partial charge on any atom is 0.407 e. The number of carbonyl (C=O) groups excluding carboxylic acids is 1. The molecule has 0 fully saturated rings. The first-order valence-electron chi connectivity index (χ1n) is 6.14. The molecular weight excluding hydrogens is 228 g/mol. The Morgan fingerprint density at radius 3 is 2.44 bits per heavy atom. The van der Waals surface area contributed by atoms with Gasteiger partial charge in [-0.2, -0.15) is 0 Å². The molecular formula is C14H22N2O2. The Morgan fingerprint density at radius 2 is 1.94 bits per heavy atom. The predicted molar refractivity (Wildman–Crippen MR) is 72.4 cm³/mol. The summed E-state index contributed by atoms with van der Waals surface area (Å²) in [5.74, 6) is 0. The molecule has 4 nitrogen and oxygen atoms in total. The molecule has 0 saturated heterocycles. The van der Waals surface area contributed by atoms with Gasteiger partial charge in [0.2, 0.25) is 0 Å². The molecule has 3 N–H and O–H groups in total. The molecule has 0 aliphatic heterocycles. The average Bonchev–Trinajstić information content (AvgIpc) is 2.27. The summed E-state index contributed by atoms with van der Waals surface area (Å²) >= 11 is 0. The maximum absolute atomic E-state index is 11.6. The van der Waals surface area contributed by atoms with E-state index in [9.17, 15) is 4.79 Å². The van der Waals surface area contributed by atoms with Crippen molar-refractivity contribution in [2.75, 3.05) is 6.54 Å². The number of rotatable bonds is 4. The normalized spacial score (nSPS) is 12.9. The number of ether oxygens (including phenoxy) is 1. The first-order chi connectivity index (χ1) is 8.40. The first-order valence-corrected chi connectivity index (χ1v) is 6.14. The lowest BCUT2D eigenvalue weighted by Gasteiger charge is -2.23. The van der Waals surface area contributed by atoms with E-state index < -0.39 is 11.7 Å². The summed E-state index contributed by atoms with van der Waals surface area (Å²) in [6, 6.07) is 9.82. The van der Waals surface area contributed by atoms with Gasteiger partial charge in [0, 0.05) is 12.6 Å². The lowest BCUT2D eigenvalue weighted by atomic mass is 10.1. The average molecular weight is 250 g/mol. The van der Waals surface area contributed by atoms with E-state index in [-0.39, 0.29) is 6.04 Å². The molecule has 1 aromatic carbocycles. The van der Waals surface area contributed by atoms with E-state index in [1.54, 1.807) is 0 Å². The maximum atomic E-state index is 11.6. The fraction of sp³-hybridized carbons (Fsp3) is 0.500. The highest BCUT2D eigenvalue weighted by Gasteiger charge is 2.18. The minimum Gasteiger partial charge on any atom is -0.444 e. The van der Waals surface area contributed by atoms with Crippen LogP contribution in [-0.2, 0) is 11.2 Å². The Bertz CT molecular complexity index is 371. The topological polar surface area (TPSA) is 64.3 Å². The van der Waals surface area contributed by atoms with Gasteiger partial charge in [-0.25, -0.2) is 4.79 Å². The van der Waals surface area contributed by atoms with E-state index in [4.69, 9.17) is 10.5 Å². The quantitative estimate of drug-likeness (QED) is 0.860. The van der Waals surface area contributed by atoms with Crippen LogP contribution >= 0.6 is 0 Å². The summed E-state index contributed by atoms with van der Waals surface area (Å²) in [7, 11) is 0. The number of amides is 1. The van der Waals surface area contributed by atoms with Crippen LogP contribution in [0.15, 0.2) is 30.3 Å². The molecule has 1 atom stereocenters. The summed E-state index contributed by atoms with van der Waals surface area (Å²) in [5, 5.41) is 2.79. The van der Waals surface area contributed by atoms with Gasteiger partial charge in [-0.1, -0.05) is 30.3 Å². The molecule has 1 amide bonds. The number of nitrogens with one attached hydrogen (secondary N) is 1. The largest absolute Gasteiger partial charge is 0.444 e. The second-order valence-electron chi connectivity index (χ2n) is 5.27. The van der Waals surface area contributed by atoms with Crippen LogP contribution < -0.4 is 11.1 Å². The van der Waals surface area contributed by atoms with Gasteiger partial charge in [-0.15, -0.1) is 0 Å². The van der Waals surface area contributed by atoms with Crippen molar-refractivity contribution in [3.05, 3.63) is 35.9 Å². The van der Waals surface area contributed by atoms with Crippen molar-refractivity contribution < 1.29 is 9.53 Å². The number of alkyl carbamates (subject to hydrolysis) is 1. The molecule has 0 saturated carbocycles. The fourth-order valence-electron chi connectivity index (χ4n) is 1.57. The van der Waals surface area contributed by atoms with Crippen LogP contribution in [0.3, 0.4) is 0 Å². The molecule has 100 valence electrons. The molecule has 0 spiro atoms. The van der Waals surface area contributed by atoms with Crippen LogP contribution in [0.1, 0.15) is 26.3 Å². The molecule has 1 aromatic rings. The van der Waals surface area contributed by atoms with Gasteiger partial charge in [0.25, 0.3) is 0 Å². The Balaban J connectivity index is 2.50. The Hall–Kier alpha value is -1.55. The van der Waals surface area contributed by atoms with E-state index in [0.29, 0.717) is 13.0 Å². The highest BCUT2D eigenvalue weighted by molar-refractivity contribution is 5.68. The van der Waals surface area contributed by atoms with E-state index in [2.05, 4.69) is 5.32 Å². The number of benzene rings is 1. The SMILES string of the molecule is CC(C)(C)OC(=O)N[C@H](CN)Cc1ccccc1. The van der Waals surface area contributed by atoms with E-state index in [1.807, 2.05) is 51.1 Å². The van der Waals surface area contributed by atoms with E-state index >= 15 is 0 Å². The van der Waals surface area contributed by atoms with Crippen LogP contribution in [0.2, 0.25) is 0 Å². The summed E-state index contributed by atoms with van der Waals surface area (Å²) in [4.78, 5) is 11.6. The Morgan fingerprint density at radius 1 is 1.33 bits per heavy atom. The summed E-state index contributed by atoms with van der Waals surface area (Å²) in [5.41, 5.74) is 6.31. The molecule has 18 heavy (non-hydrogen) atoms. The first kappa shape index (κ1) is 14.5. The number of carbonyl (C=O) groups is 1. The van der Waals surface area contributed by atoms with Gasteiger partial charge in [-0.05, 0) is 32.8 Å². The van der Waals surface area contributed by atoms with Crippen molar-refractivity contribution >= 4 is 6.09 Å². The lowest BCUT2D eigenvalue weighted by Crippen LogP contribution is -2.44. The monoisotopic (exact) mass is 250 g/mol. The number of nitrogens with two attached hydrogens (primary N) is 1. The summed E-state index contributed by atoms with van der Waals surface area (Å²) in [6.45, 7) is 5.89. The van der Waals surface area contributed by atoms with Gasteiger partial charge in [0.15, 0.2) is 0 Å². The third-order valence-corrected chi connectivity index (χ3v) is 2.33. The minimum absolute atomic E-state index is 0.109. The van der Waals surface area contributed by atoms with Crippen LogP contribution in [-0.4, -0.2) is 24.3 Å². The van der Waals surface area contributed by atoms with Gasteiger partial charge in [-0.3, -0.25) is 0 Å². The zero-order valence-corrected chi connectivity index (χ0v) is 11.3. The highest BCUT2D eigenvalue weighted by atomic mass is 16.6. The Labute approximate surface area is 109 Å². The summed E-state index contributed by atoms with van der Waals surface area (Å²) in [6.07, 6.45) is 0.283. The predicted octanol–water partition coefficient (Wildman–Crippen LogP) is 2.08. The van der Waals surface area contributed by atoms with Crippen LogP contribution in [0, 0.1) is 0 Å². The lowest BCUT2D eigenvalue weighted by molar-refractivity contribution is 0.0506. The van der Waals surface area contributed by atoms with Crippen molar-refractivity contribution in [1.29, 1.82) is 0 Å². The molecule has 0 aromatic heterocycles. The molecule has 0 aliphatic carbocycles. The van der Waals surface area contributed by atoms with Crippen molar-refractivity contribution in [3.8, 4) is 0 Å². The molecule has 1 rings (SSSR count). The second kappa shape index (κ2) is 6.40. The van der Waals surface area contributed by atoms with Crippen molar-refractivity contribution in [2.24, 2.45) is 5.73 Å². The number of hydrogen-bond donors (Lipinski definition) is 2. The van der Waals surface area contributed by atoms with E-state index in [1.165, 1.54) is 0 Å². The zero-order valence-electron chi connectivity index (χ0n) is 11.3. The van der Waals surface area contributed by atoms with Crippen LogP contribution in [0.25, 0.3) is 0 Å². The minimum atomic E-state index is -0.490. The van der Waals surface area contributed by atoms with Gasteiger partial charge in [0.05, 0.1) is 0 Å². The van der Waals surface area contributed by atoms with Gasteiger partial charge >= 0.3 is 6.09 Å². The van der Waals surface area contributed by atoms with Crippen LogP contribution in [0.5, 0.6) is 0 Å². The highest BCUT2D eigenvalue weighted by Crippen LogP contribution is 2.08. The van der Waals surface area contributed by atoms with Gasteiger partial charge in [0.1, 0.15) is 5.60 Å². The Kier molecular flexibility index (Phi) is 5.16. The van der Waals surface area contributed by atoms with E-state index in [0.717, 1.165) is 5.56 Å². The fourth-order valence-corrected chi connectivity index (χ4v) is 1.57. The van der Waals surface area contributed by atoms with Crippen molar-refractivity contribution in [2.45, 2.75) is 38.8 Å². The third kappa shape index (κ3) is 5.68. The molecule has 0 radical (unpaired) electrons. The van der Waals surface area contributed by atoms with Crippen molar-refractivity contribution in [1.82, 2.24) is 5.32 Å². The zero-order chi connectivity index (χ0) is 13.6. The molecule has 0 aliphatic rings. The molecule has 0 heterocycles. The smallest absolute Gasteiger partial charge is 0.407 e. The summed E-state index contributed by atoms with van der Waals surface area (Å²) < 4.78 is 5.20. The molecule has 4 heteroatoms. The van der Waals surface area contributed by atoms with Crippen LogP contribution in [0.4, 0.5) is 4.79 Å². The standard InChI is InChI=1S/C14H22N2O2/c1-14(2,3)18-13(17)16-12(10-15)9-11-7-5-4-6-8-11/h4-8,12H,9-10,15H2,1-3H3,(H,16,17)/t12-/m0/s1. The second-order valence-corrected chi connectivity index (χ2v) is 5.27. The van der Waals surface area contributed by atoms with Gasteiger partial charge < -0.3 is 15.8 Å². The number of hydrogen-bond acceptors (Lipinski definition) is 3.